The monoisotopic (exact) mass is 169 g/mol. The SMILES string of the molecule is BCCN(CCB)C(=O)OCC. The molecule has 12 heavy (non-hydrogen) atoms. The molecule has 0 rings (SSSR count). The Morgan fingerprint density at radius 2 is 1.83 bits per heavy atom. The first kappa shape index (κ1) is 11.4. The third kappa shape index (κ3) is 4.31. The number of amides is 1. The van der Waals surface area contributed by atoms with Crippen LogP contribution in [0, 0.1) is 0 Å². The summed E-state index contributed by atoms with van der Waals surface area (Å²) < 4.78 is 4.90. The molecule has 0 N–H and O–H groups in total. The smallest absolute Gasteiger partial charge is 0.409 e. The number of carbonyl (C=O) groups excluding carboxylic acids is 1. The molecule has 0 atom stereocenters. The molecule has 1 amide bonds. The molecular formula is C7H17B2NO2. The Morgan fingerprint density at radius 1 is 1.33 bits per heavy atom. The minimum absolute atomic E-state index is 0.179. The maximum atomic E-state index is 11.2. The second-order valence-electron chi connectivity index (χ2n) is 2.69. The molecular weight excluding hydrogens is 152 g/mol. The average Bonchev–Trinajstić information content (AvgIpc) is 2.04. The third-order valence-electron chi connectivity index (χ3n) is 1.51. The Hall–Kier alpha value is -0.600. The van der Waals surface area contributed by atoms with Crippen LogP contribution in [0.2, 0.25) is 12.6 Å². The van der Waals surface area contributed by atoms with E-state index in [4.69, 9.17) is 4.74 Å². The van der Waals surface area contributed by atoms with E-state index in [1.54, 1.807) is 4.90 Å². The molecule has 0 saturated carbocycles. The molecule has 0 heterocycles. The molecule has 0 aromatic carbocycles. The summed E-state index contributed by atoms with van der Waals surface area (Å²) in [6.07, 6.45) is 1.79. The molecule has 0 unspecified atom stereocenters. The Kier molecular flexibility index (Phi) is 6.72. The summed E-state index contributed by atoms with van der Waals surface area (Å²) in [5.41, 5.74) is 0. The van der Waals surface area contributed by atoms with Gasteiger partial charge in [0.05, 0.1) is 6.61 Å². The van der Waals surface area contributed by atoms with Crippen LogP contribution in [0.15, 0.2) is 0 Å². The summed E-state index contributed by atoms with van der Waals surface area (Å²) in [6, 6.07) is 0. The van der Waals surface area contributed by atoms with E-state index >= 15 is 0 Å². The van der Waals surface area contributed by atoms with E-state index in [2.05, 4.69) is 15.7 Å². The minimum Gasteiger partial charge on any atom is -0.450 e. The second-order valence-corrected chi connectivity index (χ2v) is 2.69. The van der Waals surface area contributed by atoms with Crippen LogP contribution >= 0.6 is 0 Å². The van der Waals surface area contributed by atoms with Crippen LogP contribution in [0.3, 0.4) is 0 Å². The first-order chi connectivity index (χ1) is 5.76. The first-order valence-corrected chi connectivity index (χ1v) is 4.67. The zero-order valence-electron chi connectivity index (χ0n) is 8.30. The van der Waals surface area contributed by atoms with Gasteiger partial charge >= 0.3 is 6.09 Å². The van der Waals surface area contributed by atoms with Crippen molar-refractivity contribution in [3.05, 3.63) is 0 Å². The highest BCUT2D eigenvalue weighted by molar-refractivity contribution is 6.09. The normalized spacial score (nSPS) is 9.42. The van der Waals surface area contributed by atoms with Crippen molar-refractivity contribution in [2.75, 3.05) is 19.7 Å². The van der Waals surface area contributed by atoms with E-state index in [1.807, 2.05) is 6.92 Å². The van der Waals surface area contributed by atoms with Crippen LogP contribution in [0.4, 0.5) is 4.79 Å². The van der Waals surface area contributed by atoms with Crippen molar-refractivity contribution in [1.29, 1.82) is 0 Å². The second kappa shape index (κ2) is 7.07. The van der Waals surface area contributed by atoms with Gasteiger partial charge in [-0.1, -0.05) is 12.6 Å². The fourth-order valence-electron chi connectivity index (χ4n) is 1.05. The highest BCUT2D eigenvalue weighted by atomic mass is 16.6. The lowest BCUT2D eigenvalue weighted by molar-refractivity contribution is 0.111. The molecule has 5 heteroatoms. The van der Waals surface area contributed by atoms with E-state index in [1.165, 1.54) is 0 Å². The number of nitrogens with zero attached hydrogens (tertiary/aromatic N) is 1. The van der Waals surface area contributed by atoms with Gasteiger partial charge in [0.25, 0.3) is 0 Å². The van der Waals surface area contributed by atoms with E-state index in [9.17, 15) is 4.79 Å². The largest absolute Gasteiger partial charge is 0.450 e. The van der Waals surface area contributed by atoms with Gasteiger partial charge in [0.2, 0.25) is 0 Å². The quantitative estimate of drug-likeness (QED) is 0.521. The summed E-state index contributed by atoms with van der Waals surface area (Å²) in [7, 11) is 4.11. The number of hydrogen-bond donors (Lipinski definition) is 0. The molecule has 68 valence electrons. The Morgan fingerprint density at radius 3 is 2.17 bits per heavy atom. The maximum absolute atomic E-state index is 11.2. The average molecular weight is 169 g/mol. The first-order valence-electron chi connectivity index (χ1n) is 4.67. The number of hydrogen-bond acceptors (Lipinski definition) is 2. The third-order valence-corrected chi connectivity index (χ3v) is 1.51. The molecule has 0 bridgehead atoms. The highest BCUT2D eigenvalue weighted by Crippen LogP contribution is 1.96. The van der Waals surface area contributed by atoms with Gasteiger partial charge in [-0.15, -0.1) is 0 Å². The van der Waals surface area contributed by atoms with E-state index in [0.717, 1.165) is 25.7 Å². The van der Waals surface area contributed by atoms with Crippen molar-refractivity contribution in [2.45, 2.75) is 19.6 Å². The summed E-state index contributed by atoms with van der Waals surface area (Å²) in [5.74, 6) is 0. The molecule has 0 aliphatic rings. The molecule has 0 aromatic rings. The van der Waals surface area contributed by atoms with Crippen LogP contribution in [-0.2, 0) is 4.74 Å². The minimum atomic E-state index is -0.179. The van der Waals surface area contributed by atoms with Gasteiger partial charge in [-0.2, -0.15) is 0 Å². The number of carbonyl (C=O) groups is 1. The summed E-state index contributed by atoms with van der Waals surface area (Å²) in [6.45, 7) is 3.88. The zero-order valence-corrected chi connectivity index (χ0v) is 8.30. The van der Waals surface area contributed by atoms with Gasteiger partial charge < -0.3 is 9.64 Å². The van der Waals surface area contributed by atoms with Crippen LogP contribution in [0.25, 0.3) is 0 Å². The highest BCUT2D eigenvalue weighted by Gasteiger charge is 2.10. The number of rotatable bonds is 5. The molecule has 0 fully saturated rings. The van der Waals surface area contributed by atoms with Gasteiger partial charge in [0.15, 0.2) is 0 Å². The molecule has 0 saturated heterocycles. The van der Waals surface area contributed by atoms with Crippen molar-refractivity contribution in [3.63, 3.8) is 0 Å². The van der Waals surface area contributed by atoms with E-state index in [0.29, 0.717) is 6.61 Å². The lowest BCUT2D eigenvalue weighted by Crippen LogP contribution is -2.33. The van der Waals surface area contributed by atoms with Crippen molar-refractivity contribution in [3.8, 4) is 0 Å². The fraction of sp³-hybridized carbons (Fsp3) is 0.857. The molecule has 3 nitrogen and oxygen atoms in total. The van der Waals surface area contributed by atoms with Crippen molar-refractivity contribution in [1.82, 2.24) is 4.90 Å². The fourth-order valence-corrected chi connectivity index (χ4v) is 1.05. The van der Waals surface area contributed by atoms with Crippen molar-refractivity contribution >= 4 is 21.8 Å². The lowest BCUT2D eigenvalue weighted by Gasteiger charge is -2.20. The van der Waals surface area contributed by atoms with Crippen molar-refractivity contribution in [2.24, 2.45) is 0 Å². The molecule has 0 spiro atoms. The molecule has 0 aromatic heterocycles. The lowest BCUT2D eigenvalue weighted by atomic mass is 10.0. The van der Waals surface area contributed by atoms with E-state index in [-0.39, 0.29) is 6.09 Å². The van der Waals surface area contributed by atoms with Gasteiger partial charge in [0, 0.05) is 13.1 Å². The van der Waals surface area contributed by atoms with Crippen LogP contribution in [0.1, 0.15) is 6.92 Å². The topological polar surface area (TPSA) is 29.5 Å². The van der Waals surface area contributed by atoms with Gasteiger partial charge in [-0.3, -0.25) is 0 Å². The van der Waals surface area contributed by atoms with Crippen LogP contribution in [0.5, 0.6) is 0 Å². The van der Waals surface area contributed by atoms with Gasteiger partial charge in [-0.25, -0.2) is 4.79 Å². The van der Waals surface area contributed by atoms with E-state index < -0.39 is 0 Å². The van der Waals surface area contributed by atoms with Crippen LogP contribution < -0.4 is 0 Å². The predicted molar refractivity (Wildman–Crippen MR) is 55.3 cm³/mol. The Labute approximate surface area is 76.3 Å². The predicted octanol–water partition coefficient (Wildman–Crippen LogP) is -0.452. The summed E-state index contributed by atoms with van der Waals surface area (Å²) in [4.78, 5) is 13.0. The summed E-state index contributed by atoms with van der Waals surface area (Å²) in [5, 5.41) is 0. The Bertz CT molecular complexity index is 127. The molecule has 0 aliphatic heterocycles. The van der Waals surface area contributed by atoms with Crippen LogP contribution in [-0.4, -0.2) is 46.4 Å². The van der Waals surface area contributed by atoms with Crippen molar-refractivity contribution < 1.29 is 9.53 Å². The zero-order chi connectivity index (χ0) is 9.40. The maximum Gasteiger partial charge on any atom is 0.409 e. The standard InChI is InChI=1S/C7H17B2NO2/c1-2-12-7(11)10(5-3-8)6-4-9/h2-6,8-9H2,1H3. The number of ether oxygens (including phenoxy) is 1. The van der Waals surface area contributed by atoms with Gasteiger partial charge in [0.1, 0.15) is 15.7 Å². The van der Waals surface area contributed by atoms with Gasteiger partial charge in [-0.05, 0) is 6.92 Å². The molecule has 0 aliphatic carbocycles. The Balaban J connectivity index is 3.81. The molecule has 0 radical (unpaired) electrons. The summed E-state index contributed by atoms with van der Waals surface area (Å²) >= 11 is 0.